The van der Waals surface area contributed by atoms with Gasteiger partial charge in [0.05, 0.1) is 0 Å². The first-order valence-corrected chi connectivity index (χ1v) is 8.10. The third-order valence-corrected chi connectivity index (χ3v) is 3.85. The van der Waals surface area contributed by atoms with E-state index in [-0.39, 0.29) is 0 Å². The Labute approximate surface area is 146 Å². The molecule has 0 saturated heterocycles. The fourth-order valence-corrected chi connectivity index (χ4v) is 2.59. The standard InChI is InChI=1S/C19H19ClN4/c1-12-4-7-16(8-5-12)22-19-21-14(3)11-18(24-19)23-17-9-6-15(20)10-13(17)2/h4-11H,1-3H3,(H2,21,22,23,24). The van der Waals surface area contributed by atoms with E-state index < -0.39 is 0 Å². The lowest BCUT2D eigenvalue weighted by molar-refractivity contribution is 1.11. The summed E-state index contributed by atoms with van der Waals surface area (Å²) in [6.07, 6.45) is 0. The van der Waals surface area contributed by atoms with Crippen LogP contribution >= 0.6 is 11.6 Å². The number of anilines is 4. The Morgan fingerprint density at radius 3 is 2.29 bits per heavy atom. The fourth-order valence-electron chi connectivity index (χ4n) is 2.36. The second-order valence-electron chi connectivity index (χ2n) is 5.79. The normalized spacial score (nSPS) is 10.5. The maximum atomic E-state index is 6.01. The lowest BCUT2D eigenvalue weighted by Gasteiger charge is -2.12. The van der Waals surface area contributed by atoms with Gasteiger partial charge in [-0.15, -0.1) is 0 Å². The molecular weight excluding hydrogens is 320 g/mol. The van der Waals surface area contributed by atoms with E-state index in [4.69, 9.17) is 11.6 Å². The molecule has 2 N–H and O–H groups in total. The molecule has 0 radical (unpaired) electrons. The van der Waals surface area contributed by atoms with Gasteiger partial charge >= 0.3 is 0 Å². The van der Waals surface area contributed by atoms with Crippen LogP contribution < -0.4 is 10.6 Å². The van der Waals surface area contributed by atoms with Crippen molar-refractivity contribution in [2.24, 2.45) is 0 Å². The van der Waals surface area contributed by atoms with Crippen LogP contribution in [-0.2, 0) is 0 Å². The molecule has 3 rings (SSSR count). The minimum Gasteiger partial charge on any atom is -0.340 e. The van der Waals surface area contributed by atoms with Crippen LogP contribution in [0.1, 0.15) is 16.8 Å². The molecule has 24 heavy (non-hydrogen) atoms. The molecule has 0 aliphatic heterocycles. The van der Waals surface area contributed by atoms with E-state index in [1.54, 1.807) is 0 Å². The van der Waals surface area contributed by atoms with Crippen molar-refractivity contribution < 1.29 is 0 Å². The van der Waals surface area contributed by atoms with Crippen molar-refractivity contribution in [3.8, 4) is 0 Å². The topological polar surface area (TPSA) is 49.8 Å². The van der Waals surface area contributed by atoms with E-state index in [1.807, 2.05) is 62.4 Å². The molecular formula is C19H19ClN4. The molecule has 0 aliphatic carbocycles. The zero-order valence-electron chi connectivity index (χ0n) is 13.9. The van der Waals surface area contributed by atoms with Crippen LogP contribution in [0.25, 0.3) is 0 Å². The minimum atomic E-state index is 0.563. The highest BCUT2D eigenvalue weighted by Crippen LogP contribution is 2.24. The monoisotopic (exact) mass is 338 g/mol. The second-order valence-corrected chi connectivity index (χ2v) is 6.23. The molecule has 0 amide bonds. The molecule has 0 fully saturated rings. The van der Waals surface area contributed by atoms with Crippen molar-refractivity contribution in [2.45, 2.75) is 20.8 Å². The number of rotatable bonds is 4. The zero-order chi connectivity index (χ0) is 17.1. The van der Waals surface area contributed by atoms with Crippen LogP contribution in [0.5, 0.6) is 0 Å². The van der Waals surface area contributed by atoms with Crippen molar-refractivity contribution in [3.63, 3.8) is 0 Å². The third kappa shape index (κ3) is 4.03. The third-order valence-electron chi connectivity index (χ3n) is 3.61. The van der Waals surface area contributed by atoms with E-state index in [0.29, 0.717) is 5.95 Å². The summed E-state index contributed by atoms with van der Waals surface area (Å²) in [5.41, 5.74) is 5.09. The first-order valence-electron chi connectivity index (χ1n) is 7.72. The maximum Gasteiger partial charge on any atom is 0.229 e. The Hall–Kier alpha value is -2.59. The number of hydrogen-bond donors (Lipinski definition) is 2. The Kier molecular flexibility index (Phi) is 4.67. The number of halogens is 1. The van der Waals surface area contributed by atoms with Crippen LogP contribution in [-0.4, -0.2) is 9.97 Å². The summed E-state index contributed by atoms with van der Waals surface area (Å²) in [6, 6.07) is 15.8. The number of hydrogen-bond acceptors (Lipinski definition) is 4. The quantitative estimate of drug-likeness (QED) is 0.655. The SMILES string of the molecule is Cc1ccc(Nc2nc(C)cc(Nc3ccc(Cl)cc3C)n2)cc1. The average molecular weight is 339 g/mol. The Balaban J connectivity index is 1.84. The summed E-state index contributed by atoms with van der Waals surface area (Å²) < 4.78 is 0. The van der Waals surface area contributed by atoms with Gasteiger partial charge in [-0.3, -0.25) is 0 Å². The number of aromatic nitrogens is 2. The van der Waals surface area contributed by atoms with Crippen LogP contribution in [0.2, 0.25) is 5.02 Å². The molecule has 122 valence electrons. The van der Waals surface area contributed by atoms with E-state index >= 15 is 0 Å². The van der Waals surface area contributed by atoms with Gasteiger partial charge in [-0.2, -0.15) is 4.98 Å². The number of aryl methyl sites for hydroxylation is 3. The summed E-state index contributed by atoms with van der Waals surface area (Å²) in [5.74, 6) is 1.30. The molecule has 1 heterocycles. The summed E-state index contributed by atoms with van der Waals surface area (Å²) in [5, 5.41) is 7.29. The van der Waals surface area contributed by atoms with Crippen molar-refractivity contribution >= 4 is 34.7 Å². The predicted octanol–water partition coefficient (Wildman–Crippen LogP) is 5.54. The Morgan fingerprint density at radius 2 is 1.58 bits per heavy atom. The van der Waals surface area contributed by atoms with Gasteiger partial charge in [0, 0.05) is 28.2 Å². The zero-order valence-corrected chi connectivity index (χ0v) is 14.6. The van der Waals surface area contributed by atoms with Crippen LogP contribution in [0.3, 0.4) is 0 Å². The van der Waals surface area contributed by atoms with E-state index in [0.717, 1.165) is 33.5 Å². The second kappa shape index (κ2) is 6.89. The number of nitrogens with one attached hydrogen (secondary N) is 2. The molecule has 5 heteroatoms. The first kappa shape index (κ1) is 16.3. The lowest BCUT2D eigenvalue weighted by atomic mass is 10.2. The molecule has 0 bridgehead atoms. The Bertz CT molecular complexity index is 860. The van der Waals surface area contributed by atoms with Crippen molar-refractivity contribution in [1.29, 1.82) is 0 Å². The van der Waals surface area contributed by atoms with E-state index in [1.165, 1.54) is 5.56 Å². The number of nitrogens with zero attached hydrogens (tertiary/aromatic N) is 2. The van der Waals surface area contributed by atoms with Gasteiger partial charge in [-0.25, -0.2) is 4.98 Å². The molecule has 0 unspecified atom stereocenters. The maximum absolute atomic E-state index is 6.01. The first-order chi connectivity index (χ1) is 11.5. The highest BCUT2D eigenvalue weighted by atomic mass is 35.5. The van der Waals surface area contributed by atoms with Gasteiger partial charge < -0.3 is 10.6 Å². The predicted molar refractivity (Wildman–Crippen MR) is 101 cm³/mol. The highest BCUT2D eigenvalue weighted by molar-refractivity contribution is 6.30. The fraction of sp³-hybridized carbons (Fsp3) is 0.158. The van der Waals surface area contributed by atoms with Crippen molar-refractivity contribution in [3.05, 3.63) is 70.4 Å². The molecule has 2 aromatic carbocycles. The molecule has 3 aromatic rings. The van der Waals surface area contributed by atoms with Gasteiger partial charge in [-0.1, -0.05) is 29.3 Å². The minimum absolute atomic E-state index is 0.563. The smallest absolute Gasteiger partial charge is 0.229 e. The van der Waals surface area contributed by atoms with Crippen molar-refractivity contribution in [2.75, 3.05) is 10.6 Å². The molecule has 1 aromatic heterocycles. The molecule has 0 aliphatic rings. The van der Waals surface area contributed by atoms with Gasteiger partial charge in [0.1, 0.15) is 5.82 Å². The average Bonchev–Trinajstić information content (AvgIpc) is 2.52. The lowest BCUT2D eigenvalue weighted by Crippen LogP contribution is -2.03. The van der Waals surface area contributed by atoms with Crippen LogP contribution in [0.15, 0.2) is 48.5 Å². The van der Waals surface area contributed by atoms with Crippen molar-refractivity contribution in [1.82, 2.24) is 9.97 Å². The summed E-state index contributed by atoms with van der Waals surface area (Å²) >= 11 is 6.01. The summed E-state index contributed by atoms with van der Waals surface area (Å²) in [4.78, 5) is 8.99. The summed E-state index contributed by atoms with van der Waals surface area (Å²) in [6.45, 7) is 6.01. The van der Waals surface area contributed by atoms with Crippen LogP contribution in [0.4, 0.5) is 23.1 Å². The molecule has 0 saturated carbocycles. The Morgan fingerprint density at radius 1 is 0.833 bits per heavy atom. The highest BCUT2D eigenvalue weighted by Gasteiger charge is 2.05. The summed E-state index contributed by atoms with van der Waals surface area (Å²) in [7, 11) is 0. The van der Waals surface area contributed by atoms with Gasteiger partial charge in [0.15, 0.2) is 0 Å². The largest absolute Gasteiger partial charge is 0.340 e. The van der Waals surface area contributed by atoms with E-state index in [2.05, 4.69) is 27.5 Å². The van der Waals surface area contributed by atoms with Crippen LogP contribution in [0, 0.1) is 20.8 Å². The molecule has 4 nitrogen and oxygen atoms in total. The van der Waals surface area contributed by atoms with Gasteiger partial charge in [-0.05, 0) is 56.7 Å². The van der Waals surface area contributed by atoms with E-state index in [9.17, 15) is 0 Å². The molecule has 0 atom stereocenters. The van der Waals surface area contributed by atoms with Gasteiger partial charge in [0.2, 0.25) is 5.95 Å². The van der Waals surface area contributed by atoms with Gasteiger partial charge in [0.25, 0.3) is 0 Å². The molecule has 0 spiro atoms. The number of benzene rings is 2.